The summed E-state index contributed by atoms with van der Waals surface area (Å²) in [6.07, 6.45) is 8.77. The summed E-state index contributed by atoms with van der Waals surface area (Å²) in [4.78, 5) is 21.8. The Balaban J connectivity index is 1.26. The first-order chi connectivity index (χ1) is 16.0. The molecule has 3 aromatic heterocycles. The molecule has 1 atom stereocenters. The molecule has 10 heteroatoms. The molecule has 1 N–H and O–H groups in total. The highest BCUT2D eigenvalue weighted by Crippen LogP contribution is 2.36. The third kappa shape index (κ3) is 3.56. The lowest BCUT2D eigenvalue weighted by Crippen LogP contribution is -2.46. The summed E-state index contributed by atoms with van der Waals surface area (Å²) in [7, 11) is -3.07. The average Bonchev–Trinajstić information content (AvgIpc) is 3.44. The van der Waals surface area contributed by atoms with Crippen LogP contribution in [0.4, 0.5) is 11.5 Å². The number of H-pyrrole nitrogens is 1. The predicted molar refractivity (Wildman–Crippen MR) is 128 cm³/mol. The molecule has 174 valence electrons. The van der Waals surface area contributed by atoms with Crippen LogP contribution in [0.3, 0.4) is 0 Å². The molecule has 3 aliphatic rings. The Morgan fingerprint density at radius 2 is 1.94 bits per heavy atom. The standard InChI is InChI=1S/C23H29N7O2S/c1-16-13-20-19(14-29(16)21-4-8-25-22-18(21)3-7-24-22)23(27-15-26-20)28-10-5-17(6-11-28)30-9-2-12-33(30,31)32/h3-4,7-8,15-17H,2,5-6,9-14H2,1H3,(H,24,25)/t16-/m1/s1. The Morgan fingerprint density at radius 3 is 2.73 bits per heavy atom. The highest BCUT2D eigenvalue weighted by Gasteiger charge is 2.37. The van der Waals surface area contributed by atoms with E-state index in [2.05, 4.69) is 43.8 Å². The number of nitrogens with zero attached hydrogens (tertiary/aromatic N) is 6. The lowest BCUT2D eigenvalue weighted by atomic mass is 9.97. The van der Waals surface area contributed by atoms with Crippen molar-refractivity contribution in [2.24, 2.45) is 0 Å². The minimum Gasteiger partial charge on any atom is -0.363 e. The molecule has 2 fully saturated rings. The van der Waals surface area contributed by atoms with E-state index in [9.17, 15) is 8.42 Å². The van der Waals surface area contributed by atoms with Crippen LogP contribution in [0.25, 0.3) is 11.0 Å². The third-order valence-electron chi connectivity index (χ3n) is 7.42. The topological polar surface area (TPSA) is 98.3 Å². The van der Waals surface area contributed by atoms with Gasteiger partial charge >= 0.3 is 0 Å². The Hall–Kier alpha value is -2.72. The van der Waals surface area contributed by atoms with Gasteiger partial charge in [0.15, 0.2) is 0 Å². The van der Waals surface area contributed by atoms with Crippen molar-refractivity contribution < 1.29 is 8.42 Å². The molecule has 0 bridgehead atoms. The zero-order chi connectivity index (χ0) is 22.6. The summed E-state index contributed by atoms with van der Waals surface area (Å²) < 4.78 is 26.5. The summed E-state index contributed by atoms with van der Waals surface area (Å²) in [6.45, 7) is 5.28. The summed E-state index contributed by atoms with van der Waals surface area (Å²) >= 11 is 0. The number of sulfonamides is 1. The van der Waals surface area contributed by atoms with Crippen molar-refractivity contribution in [3.05, 3.63) is 42.1 Å². The fourth-order valence-electron chi connectivity index (χ4n) is 5.72. The van der Waals surface area contributed by atoms with Crippen molar-refractivity contribution in [2.45, 2.75) is 51.2 Å². The van der Waals surface area contributed by atoms with Crippen molar-refractivity contribution in [1.82, 2.24) is 24.2 Å². The number of fused-ring (bicyclic) bond motifs is 2. The summed E-state index contributed by atoms with van der Waals surface area (Å²) in [5, 5.41) is 1.12. The fourth-order valence-corrected chi connectivity index (χ4v) is 7.52. The van der Waals surface area contributed by atoms with Gasteiger partial charge in [-0.3, -0.25) is 0 Å². The Bertz CT molecular complexity index is 1280. The zero-order valence-electron chi connectivity index (χ0n) is 18.8. The number of hydrogen-bond acceptors (Lipinski definition) is 7. The van der Waals surface area contributed by atoms with Crippen LogP contribution in [0, 0.1) is 0 Å². The molecule has 3 aromatic rings. The lowest BCUT2D eigenvalue weighted by molar-refractivity contribution is 0.290. The number of aromatic nitrogens is 4. The maximum atomic E-state index is 12.4. The fraction of sp³-hybridized carbons (Fsp3) is 0.522. The van der Waals surface area contributed by atoms with Gasteiger partial charge in [-0.1, -0.05) is 0 Å². The SMILES string of the molecule is C[C@@H]1Cc2ncnc(N3CCC(N4CCCS4(=O)=O)CC3)c2CN1c1ccnc2[nH]ccc12. The quantitative estimate of drug-likeness (QED) is 0.631. The van der Waals surface area contributed by atoms with Crippen LogP contribution in [-0.2, 0) is 23.0 Å². The smallest absolute Gasteiger partial charge is 0.214 e. The van der Waals surface area contributed by atoms with Gasteiger partial charge in [-0.15, -0.1) is 0 Å². The van der Waals surface area contributed by atoms with Gasteiger partial charge in [0.05, 0.1) is 11.4 Å². The van der Waals surface area contributed by atoms with Crippen molar-refractivity contribution >= 4 is 32.6 Å². The van der Waals surface area contributed by atoms with Crippen LogP contribution >= 0.6 is 0 Å². The first-order valence-corrected chi connectivity index (χ1v) is 13.4. The number of pyridine rings is 1. The summed E-state index contributed by atoms with van der Waals surface area (Å²) in [5.74, 6) is 1.29. The first kappa shape index (κ1) is 20.9. The van der Waals surface area contributed by atoms with Gasteiger partial charge in [-0.2, -0.15) is 4.31 Å². The average molecular weight is 468 g/mol. The van der Waals surface area contributed by atoms with E-state index in [1.807, 2.05) is 12.4 Å². The van der Waals surface area contributed by atoms with Crippen molar-refractivity contribution in [1.29, 1.82) is 0 Å². The van der Waals surface area contributed by atoms with Gasteiger partial charge in [0.2, 0.25) is 10.0 Å². The van der Waals surface area contributed by atoms with Gasteiger partial charge in [-0.05, 0) is 38.3 Å². The van der Waals surface area contributed by atoms with Gasteiger partial charge in [0.25, 0.3) is 0 Å². The van der Waals surface area contributed by atoms with Crippen molar-refractivity contribution in [3.8, 4) is 0 Å². The minimum absolute atomic E-state index is 0.113. The lowest BCUT2D eigenvalue weighted by Gasteiger charge is -2.40. The molecule has 0 aliphatic carbocycles. The maximum absolute atomic E-state index is 12.4. The second kappa shape index (κ2) is 7.95. The predicted octanol–water partition coefficient (Wildman–Crippen LogP) is 2.31. The van der Waals surface area contributed by atoms with Crippen LogP contribution in [0.1, 0.15) is 37.4 Å². The molecular weight excluding hydrogens is 438 g/mol. The van der Waals surface area contributed by atoms with Gasteiger partial charge in [0, 0.05) is 73.7 Å². The minimum atomic E-state index is -3.07. The number of piperidine rings is 1. The maximum Gasteiger partial charge on any atom is 0.214 e. The second-order valence-electron chi connectivity index (χ2n) is 9.37. The van der Waals surface area contributed by atoms with Crippen molar-refractivity contribution in [3.63, 3.8) is 0 Å². The first-order valence-electron chi connectivity index (χ1n) is 11.8. The molecular formula is C23H29N7O2S. The molecule has 0 spiro atoms. The molecule has 6 rings (SSSR count). The van der Waals surface area contributed by atoms with Crippen LogP contribution < -0.4 is 9.80 Å². The van der Waals surface area contributed by atoms with Crippen LogP contribution in [-0.4, -0.2) is 70.1 Å². The summed E-state index contributed by atoms with van der Waals surface area (Å²) in [6, 6.07) is 4.59. The van der Waals surface area contributed by atoms with Crippen LogP contribution in [0.15, 0.2) is 30.9 Å². The van der Waals surface area contributed by atoms with Crippen molar-refractivity contribution in [2.75, 3.05) is 35.2 Å². The molecule has 9 nitrogen and oxygen atoms in total. The van der Waals surface area contributed by atoms with Crippen LogP contribution in [0.5, 0.6) is 0 Å². The molecule has 0 unspecified atom stereocenters. The Kier molecular flexibility index (Phi) is 5.02. The molecule has 6 heterocycles. The van der Waals surface area contributed by atoms with Gasteiger partial charge in [0.1, 0.15) is 17.8 Å². The molecule has 0 amide bonds. The highest BCUT2D eigenvalue weighted by atomic mass is 32.2. The summed E-state index contributed by atoms with van der Waals surface area (Å²) in [5.41, 5.74) is 4.37. The highest BCUT2D eigenvalue weighted by molar-refractivity contribution is 7.89. The number of hydrogen-bond donors (Lipinski definition) is 1. The Morgan fingerprint density at radius 1 is 1.09 bits per heavy atom. The number of rotatable bonds is 3. The Labute approximate surface area is 193 Å². The second-order valence-corrected chi connectivity index (χ2v) is 11.4. The number of aromatic amines is 1. The van der Waals surface area contributed by atoms with Gasteiger partial charge < -0.3 is 14.8 Å². The van der Waals surface area contributed by atoms with E-state index >= 15 is 0 Å². The monoisotopic (exact) mass is 467 g/mol. The molecule has 0 saturated carbocycles. The van der Waals surface area contributed by atoms with E-state index in [1.165, 1.54) is 11.3 Å². The zero-order valence-corrected chi connectivity index (χ0v) is 19.6. The molecule has 33 heavy (non-hydrogen) atoms. The van der Waals surface area contributed by atoms with E-state index in [1.54, 1.807) is 10.6 Å². The number of anilines is 2. The molecule has 0 radical (unpaired) electrons. The van der Waals surface area contributed by atoms with E-state index < -0.39 is 10.0 Å². The van der Waals surface area contributed by atoms with Gasteiger partial charge in [-0.25, -0.2) is 23.4 Å². The normalized spacial score (nSPS) is 23.8. The van der Waals surface area contributed by atoms with E-state index in [0.717, 1.165) is 67.9 Å². The van der Waals surface area contributed by atoms with E-state index in [4.69, 9.17) is 4.98 Å². The van der Waals surface area contributed by atoms with Crippen LogP contribution in [0.2, 0.25) is 0 Å². The van der Waals surface area contributed by atoms with E-state index in [-0.39, 0.29) is 6.04 Å². The molecule has 2 saturated heterocycles. The van der Waals surface area contributed by atoms with E-state index in [0.29, 0.717) is 18.3 Å². The largest absolute Gasteiger partial charge is 0.363 e. The number of nitrogens with one attached hydrogen (secondary N) is 1. The third-order valence-corrected chi connectivity index (χ3v) is 9.42. The molecule has 0 aromatic carbocycles. The molecule has 3 aliphatic heterocycles.